The van der Waals surface area contributed by atoms with Crippen LogP contribution in [0.1, 0.15) is 13.3 Å². The molecule has 0 aliphatic carbocycles. The largest absolute Gasteiger partial charge is 0.466 e. The first-order valence-corrected chi connectivity index (χ1v) is 4.79. The van der Waals surface area contributed by atoms with Crippen LogP contribution in [0.15, 0.2) is 16.8 Å². The van der Waals surface area contributed by atoms with Gasteiger partial charge in [-0.3, -0.25) is 10.2 Å². The maximum absolute atomic E-state index is 12.4. The number of aliphatic hydroxyl groups is 1. The van der Waals surface area contributed by atoms with Gasteiger partial charge >= 0.3 is 12.1 Å². The number of hydrogen-bond donors (Lipinski definition) is 2. The van der Waals surface area contributed by atoms with E-state index in [0.29, 0.717) is 6.08 Å². The lowest BCUT2D eigenvalue weighted by atomic mass is 10.1. The van der Waals surface area contributed by atoms with Gasteiger partial charge in [0, 0.05) is 0 Å². The Hall–Kier alpha value is -1.57. The van der Waals surface area contributed by atoms with Gasteiger partial charge in [0.15, 0.2) is 6.23 Å². The van der Waals surface area contributed by atoms with E-state index in [2.05, 4.69) is 9.84 Å². The van der Waals surface area contributed by atoms with Gasteiger partial charge in [0.25, 0.3) is 0 Å². The summed E-state index contributed by atoms with van der Waals surface area (Å²) in [7, 11) is 0. The first-order chi connectivity index (χ1) is 7.84. The maximum Gasteiger partial charge on any atom is 0.417 e. The van der Waals surface area contributed by atoms with E-state index in [1.165, 1.54) is 0 Å². The van der Waals surface area contributed by atoms with Crippen molar-refractivity contribution < 1.29 is 27.8 Å². The minimum absolute atomic E-state index is 0.137. The predicted octanol–water partition coefficient (Wildman–Crippen LogP) is 0.706. The highest BCUT2D eigenvalue weighted by molar-refractivity contribution is 6.06. The highest BCUT2D eigenvalue weighted by Crippen LogP contribution is 2.29. The van der Waals surface area contributed by atoms with Crippen molar-refractivity contribution >= 4 is 11.7 Å². The van der Waals surface area contributed by atoms with Crippen molar-refractivity contribution in [3.63, 3.8) is 0 Å². The minimum Gasteiger partial charge on any atom is -0.466 e. The van der Waals surface area contributed by atoms with Crippen LogP contribution in [0, 0.1) is 0 Å². The van der Waals surface area contributed by atoms with Crippen LogP contribution in [-0.2, 0) is 9.53 Å². The average Bonchev–Trinajstić information content (AvgIpc) is 2.19. The smallest absolute Gasteiger partial charge is 0.417 e. The summed E-state index contributed by atoms with van der Waals surface area (Å²) < 4.78 is 41.8. The molecule has 1 atom stereocenters. The molecule has 0 saturated carbocycles. The number of allylic oxidation sites excluding steroid dienone is 1. The average molecular weight is 252 g/mol. The number of hydrogen-bond acceptors (Lipinski definition) is 5. The van der Waals surface area contributed by atoms with Crippen LogP contribution in [0.5, 0.6) is 0 Å². The van der Waals surface area contributed by atoms with E-state index in [0.717, 1.165) is 0 Å². The van der Waals surface area contributed by atoms with E-state index in [1.54, 1.807) is 6.92 Å². The number of rotatable bonds is 3. The van der Waals surface area contributed by atoms with Gasteiger partial charge in [-0.2, -0.15) is 18.3 Å². The molecule has 0 aromatic heterocycles. The minimum atomic E-state index is -4.68. The fourth-order valence-electron chi connectivity index (χ4n) is 1.19. The molecular weight excluding hydrogens is 241 g/mol. The Morgan fingerprint density at radius 2 is 2.29 bits per heavy atom. The molecule has 1 unspecified atom stereocenters. The number of nitrogens with one attached hydrogen (secondary N) is 1. The van der Waals surface area contributed by atoms with E-state index in [-0.39, 0.29) is 18.7 Å². The second-order valence-corrected chi connectivity index (χ2v) is 3.21. The predicted molar refractivity (Wildman–Crippen MR) is 52.0 cm³/mol. The lowest BCUT2D eigenvalue weighted by Crippen LogP contribution is -2.38. The Bertz CT molecular complexity index is 363. The number of alkyl halides is 3. The normalized spacial score (nSPS) is 20.2. The number of carbonyl (C=O) groups is 1. The SMILES string of the molecule is CCOC(=O)CC1=NNC(O)C(C(F)(F)F)=C1. The van der Waals surface area contributed by atoms with Gasteiger partial charge in [-0.15, -0.1) is 0 Å². The van der Waals surface area contributed by atoms with Gasteiger partial charge < -0.3 is 9.84 Å². The Morgan fingerprint density at radius 3 is 2.82 bits per heavy atom. The Kier molecular flexibility index (Phi) is 4.11. The number of halogens is 3. The maximum atomic E-state index is 12.4. The Labute approximate surface area is 94.9 Å². The van der Waals surface area contributed by atoms with Crippen LogP contribution in [0.2, 0.25) is 0 Å². The number of esters is 1. The molecule has 1 heterocycles. The molecule has 0 radical (unpaired) electrons. The molecule has 8 heteroatoms. The molecule has 0 bridgehead atoms. The standard InChI is InChI=1S/C9H11F3N2O3/c1-2-17-7(15)4-5-3-6(9(10,11)12)8(16)14-13-5/h3,8,14,16H,2,4H2,1H3. The summed E-state index contributed by atoms with van der Waals surface area (Å²) in [6.07, 6.45) is -6.34. The van der Waals surface area contributed by atoms with Gasteiger partial charge in [-0.25, -0.2) is 0 Å². The zero-order valence-corrected chi connectivity index (χ0v) is 8.91. The Balaban J connectivity index is 2.77. The van der Waals surface area contributed by atoms with Gasteiger partial charge in [-0.1, -0.05) is 0 Å². The first kappa shape index (κ1) is 13.5. The molecule has 0 aromatic rings. The molecular formula is C9H11F3N2O3. The van der Waals surface area contributed by atoms with Crippen LogP contribution >= 0.6 is 0 Å². The lowest BCUT2D eigenvalue weighted by Gasteiger charge is -2.21. The highest BCUT2D eigenvalue weighted by atomic mass is 19.4. The van der Waals surface area contributed by atoms with Crippen LogP contribution in [0.25, 0.3) is 0 Å². The van der Waals surface area contributed by atoms with Gasteiger partial charge in [0.05, 0.1) is 24.3 Å². The van der Waals surface area contributed by atoms with Crippen LogP contribution in [0.4, 0.5) is 13.2 Å². The molecule has 17 heavy (non-hydrogen) atoms. The van der Waals surface area contributed by atoms with Crippen LogP contribution in [-0.4, -0.2) is 35.8 Å². The molecule has 0 fully saturated rings. The summed E-state index contributed by atoms with van der Waals surface area (Å²) in [6, 6.07) is 0. The molecule has 96 valence electrons. The second-order valence-electron chi connectivity index (χ2n) is 3.21. The summed E-state index contributed by atoms with van der Waals surface area (Å²) in [5.74, 6) is -0.679. The second kappa shape index (κ2) is 5.17. The zero-order valence-electron chi connectivity index (χ0n) is 8.91. The van der Waals surface area contributed by atoms with Crippen molar-refractivity contribution in [3.8, 4) is 0 Å². The monoisotopic (exact) mass is 252 g/mol. The number of carbonyl (C=O) groups excluding carboxylic acids is 1. The summed E-state index contributed by atoms with van der Waals surface area (Å²) >= 11 is 0. The summed E-state index contributed by atoms with van der Waals surface area (Å²) in [5.41, 5.74) is 0.558. The molecule has 0 aromatic carbocycles. The molecule has 0 spiro atoms. The fourth-order valence-corrected chi connectivity index (χ4v) is 1.19. The quantitative estimate of drug-likeness (QED) is 0.725. The number of ether oxygens (including phenoxy) is 1. The third kappa shape index (κ3) is 3.74. The third-order valence-electron chi connectivity index (χ3n) is 1.91. The van der Waals surface area contributed by atoms with Crippen molar-refractivity contribution in [3.05, 3.63) is 11.6 Å². The summed E-state index contributed by atoms with van der Waals surface area (Å²) in [5, 5.41) is 12.5. The zero-order chi connectivity index (χ0) is 13.1. The number of nitrogens with zero attached hydrogens (tertiary/aromatic N) is 1. The lowest BCUT2D eigenvalue weighted by molar-refractivity contribution is -0.141. The topological polar surface area (TPSA) is 70.9 Å². The number of aliphatic hydroxyl groups excluding tert-OH is 1. The summed E-state index contributed by atoms with van der Waals surface area (Å²) in [4.78, 5) is 11.0. The van der Waals surface area contributed by atoms with Crippen molar-refractivity contribution in [2.24, 2.45) is 5.10 Å². The van der Waals surface area contributed by atoms with Crippen LogP contribution < -0.4 is 5.43 Å². The van der Waals surface area contributed by atoms with E-state index < -0.39 is 23.9 Å². The van der Waals surface area contributed by atoms with Gasteiger partial charge in [-0.05, 0) is 13.0 Å². The van der Waals surface area contributed by atoms with E-state index in [9.17, 15) is 18.0 Å². The third-order valence-corrected chi connectivity index (χ3v) is 1.91. The summed E-state index contributed by atoms with van der Waals surface area (Å²) in [6.45, 7) is 1.72. The highest BCUT2D eigenvalue weighted by Gasteiger charge is 2.40. The molecule has 1 aliphatic heterocycles. The molecule has 1 rings (SSSR count). The molecule has 1 aliphatic rings. The molecule has 2 N–H and O–H groups in total. The Morgan fingerprint density at radius 1 is 1.65 bits per heavy atom. The molecule has 5 nitrogen and oxygen atoms in total. The van der Waals surface area contributed by atoms with Crippen LogP contribution in [0.3, 0.4) is 0 Å². The van der Waals surface area contributed by atoms with Gasteiger partial charge in [0.2, 0.25) is 0 Å². The first-order valence-electron chi connectivity index (χ1n) is 4.79. The molecule has 0 saturated heterocycles. The number of hydrazone groups is 1. The van der Waals surface area contributed by atoms with Gasteiger partial charge in [0.1, 0.15) is 0 Å². The van der Waals surface area contributed by atoms with Crippen molar-refractivity contribution in [1.29, 1.82) is 0 Å². The van der Waals surface area contributed by atoms with E-state index >= 15 is 0 Å². The van der Waals surface area contributed by atoms with E-state index in [4.69, 9.17) is 5.11 Å². The van der Waals surface area contributed by atoms with Crippen molar-refractivity contribution in [2.45, 2.75) is 25.7 Å². The van der Waals surface area contributed by atoms with Crippen molar-refractivity contribution in [2.75, 3.05) is 6.61 Å². The van der Waals surface area contributed by atoms with E-state index in [1.807, 2.05) is 5.43 Å². The molecule has 0 amide bonds. The fraction of sp³-hybridized carbons (Fsp3) is 0.556. The van der Waals surface area contributed by atoms with Crippen molar-refractivity contribution in [1.82, 2.24) is 5.43 Å².